The highest BCUT2D eigenvalue weighted by Crippen LogP contribution is 2.18. The first kappa shape index (κ1) is 14.7. The van der Waals surface area contributed by atoms with Crippen molar-refractivity contribution in [2.45, 2.75) is 31.8 Å². The Kier molecular flexibility index (Phi) is 6.23. The molecule has 0 aromatic rings. The predicted octanol–water partition coefficient (Wildman–Crippen LogP) is 1.05. The van der Waals surface area contributed by atoms with Crippen molar-refractivity contribution in [3.63, 3.8) is 0 Å². The van der Waals surface area contributed by atoms with E-state index in [1.807, 2.05) is 4.90 Å². The molecule has 0 aromatic heterocycles. The van der Waals surface area contributed by atoms with E-state index in [1.165, 1.54) is 0 Å². The fourth-order valence-corrected chi connectivity index (χ4v) is 2.63. The molecule has 0 radical (unpaired) electrons. The van der Waals surface area contributed by atoms with Gasteiger partial charge >= 0.3 is 0 Å². The van der Waals surface area contributed by atoms with E-state index in [0.717, 1.165) is 51.9 Å². The Morgan fingerprint density at radius 1 is 1.29 bits per heavy atom. The number of nitrogens with zero attached hydrogens (tertiary/aromatic N) is 1. The Morgan fingerprint density at radius 3 is 2.53 bits per heavy atom. The van der Waals surface area contributed by atoms with E-state index < -0.39 is 0 Å². The van der Waals surface area contributed by atoms with Gasteiger partial charge in [-0.05, 0) is 32.2 Å². The molecule has 17 heavy (non-hydrogen) atoms. The van der Waals surface area contributed by atoms with Crippen LogP contribution in [0.3, 0.4) is 0 Å². The molecule has 5 heteroatoms. The molecule has 0 saturated carbocycles. The summed E-state index contributed by atoms with van der Waals surface area (Å²) in [7, 11) is 1.76. The third-order valence-corrected chi connectivity index (χ3v) is 3.73. The number of carbonyl (C=O) groups is 1. The number of ether oxygens (including phenoxy) is 1. The minimum atomic E-state index is 0. The molecule has 2 aliphatic rings. The SMILES string of the molecule is COC1CCN(C(=O)[C@@H]2CCCNC2)CC1.Cl. The van der Waals surface area contributed by atoms with Crippen LogP contribution >= 0.6 is 12.4 Å². The van der Waals surface area contributed by atoms with Crippen LogP contribution in [0.1, 0.15) is 25.7 Å². The summed E-state index contributed by atoms with van der Waals surface area (Å²) < 4.78 is 5.31. The zero-order chi connectivity index (χ0) is 11.4. The number of hydrogen-bond donors (Lipinski definition) is 1. The molecule has 100 valence electrons. The quantitative estimate of drug-likeness (QED) is 0.809. The van der Waals surface area contributed by atoms with Crippen LogP contribution in [0.25, 0.3) is 0 Å². The average molecular weight is 263 g/mol. The molecular weight excluding hydrogens is 240 g/mol. The van der Waals surface area contributed by atoms with Gasteiger partial charge in [0.05, 0.1) is 12.0 Å². The maximum atomic E-state index is 12.2. The third-order valence-electron chi connectivity index (χ3n) is 3.73. The molecule has 2 aliphatic heterocycles. The molecule has 1 amide bonds. The number of halogens is 1. The van der Waals surface area contributed by atoms with Gasteiger partial charge < -0.3 is 15.0 Å². The van der Waals surface area contributed by atoms with Gasteiger partial charge in [0.15, 0.2) is 0 Å². The summed E-state index contributed by atoms with van der Waals surface area (Å²) in [5.74, 6) is 0.564. The van der Waals surface area contributed by atoms with Gasteiger partial charge in [0, 0.05) is 26.7 Å². The first-order valence-corrected chi connectivity index (χ1v) is 6.33. The highest BCUT2D eigenvalue weighted by molar-refractivity contribution is 5.85. The first-order valence-electron chi connectivity index (χ1n) is 6.33. The van der Waals surface area contributed by atoms with Gasteiger partial charge in [-0.2, -0.15) is 0 Å². The average Bonchev–Trinajstić information content (AvgIpc) is 2.39. The Morgan fingerprint density at radius 2 is 2.00 bits per heavy atom. The van der Waals surface area contributed by atoms with E-state index >= 15 is 0 Å². The first-order chi connectivity index (χ1) is 7.81. The molecule has 2 saturated heterocycles. The number of methoxy groups -OCH3 is 1. The molecule has 1 N–H and O–H groups in total. The van der Waals surface area contributed by atoms with Crippen molar-refractivity contribution in [1.82, 2.24) is 10.2 Å². The molecular formula is C12H23ClN2O2. The van der Waals surface area contributed by atoms with Crippen molar-refractivity contribution in [3.05, 3.63) is 0 Å². The summed E-state index contributed by atoms with van der Waals surface area (Å²) in [6, 6.07) is 0. The molecule has 2 rings (SSSR count). The standard InChI is InChI=1S/C12H22N2O2.ClH/c1-16-11-4-7-14(8-5-11)12(15)10-3-2-6-13-9-10;/h10-11,13H,2-9H2,1H3;1H/t10-;/m1./s1. The summed E-state index contributed by atoms with van der Waals surface area (Å²) in [5.41, 5.74) is 0. The van der Waals surface area contributed by atoms with Crippen LogP contribution in [-0.2, 0) is 9.53 Å². The molecule has 0 spiro atoms. The Balaban J connectivity index is 0.00000144. The second-order valence-electron chi connectivity index (χ2n) is 4.80. The molecule has 0 aromatic carbocycles. The lowest BCUT2D eigenvalue weighted by Crippen LogP contribution is -2.47. The van der Waals surface area contributed by atoms with E-state index in [0.29, 0.717) is 12.0 Å². The van der Waals surface area contributed by atoms with Crippen molar-refractivity contribution >= 4 is 18.3 Å². The minimum Gasteiger partial charge on any atom is -0.381 e. The van der Waals surface area contributed by atoms with Crippen molar-refractivity contribution in [3.8, 4) is 0 Å². The Hall–Kier alpha value is -0.320. The molecule has 0 unspecified atom stereocenters. The van der Waals surface area contributed by atoms with Crippen LogP contribution in [0.15, 0.2) is 0 Å². The maximum Gasteiger partial charge on any atom is 0.226 e. The Bertz CT molecular complexity index is 237. The number of nitrogens with one attached hydrogen (secondary N) is 1. The normalized spacial score (nSPS) is 26.4. The van der Waals surface area contributed by atoms with Crippen LogP contribution in [0.5, 0.6) is 0 Å². The predicted molar refractivity (Wildman–Crippen MR) is 69.5 cm³/mol. The van der Waals surface area contributed by atoms with Crippen molar-refractivity contribution in [2.75, 3.05) is 33.3 Å². The minimum absolute atomic E-state index is 0. The fourth-order valence-electron chi connectivity index (χ4n) is 2.63. The zero-order valence-corrected chi connectivity index (χ0v) is 11.3. The van der Waals surface area contributed by atoms with E-state index in [9.17, 15) is 4.79 Å². The lowest BCUT2D eigenvalue weighted by Gasteiger charge is -2.34. The van der Waals surface area contributed by atoms with Gasteiger partial charge in [-0.3, -0.25) is 4.79 Å². The van der Waals surface area contributed by atoms with Crippen LogP contribution in [0.2, 0.25) is 0 Å². The summed E-state index contributed by atoms with van der Waals surface area (Å²) in [5, 5.41) is 3.30. The summed E-state index contributed by atoms with van der Waals surface area (Å²) >= 11 is 0. The number of carbonyl (C=O) groups excluding carboxylic acids is 1. The lowest BCUT2D eigenvalue weighted by atomic mass is 9.96. The van der Waals surface area contributed by atoms with Gasteiger partial charge in [0.25, 0.3) is 0 Å². The highest BCUT2D eigenvalue weighted by Gasteiger charge is 2.28. The van der Waals surface area contributed by atoms with Crippen LogP contribution < -0.4 is 5.32 Å². The maximum absolute atomic E-state index is 12.2. The smallest absolute Gasteiger partial charge is 0.226 e. The topological polar surface area (TPSA) is 41.6 Å². The molecule has 0 bridgehead atoms. The summed E-state index contributed by atoms with van der Waals surface area (Å²) in [6.07, 6.45) is 4.51. The van der Waals surface area contributed by atoms with Crippen LogP contribution in [0.4, 0.5) is 0 Å². The molecule has 4 nitrogen and oxygen atoms in total. The van der Waals surface area contributed by atoms with Crippen molar-refractivity contribution in [1.29, 1.82) is 0 Å². The molecule has 2 heterocycles. The van der Waals surface area contributed by atoms with Crippen molar-refractivity contribution < 1.29 is 9.53 Å². The zero-order valence-electron chi connectivity index (χ0n) is 10.5. The van der Waals surface area contributed by atoms with Gasteiger partial charge in [0.1, 0.15) is 0 Å². The van der Waals surface area contributed by atoms with Crippen LogP contribution in [-0.4, -0.2) is 50.2 Å². The highest BCUT2D eigenvalue weighted by atomic mass is 35.5. The molecule has 0 aliphatic carbocycles. The van der Waals surface area contributed by atoms with Gasteiger partial charge in [-0.15, -0.1) is 12.4 Å². The second-order valence-corrected chi connectivity index (χ2v) is 4.80. The van der Waals surface area contributed by atoms with Crippen LogP contribution in [0, 0.1) is 5.92 Å². The summed E-state index contributed by atoms with van der Waals surface area (Å²) in [4.78, 5) is 14.2. The largest absolute Gasteiger partial charge is 0.381 e. The van der Waals surface area contributed by atoms with E-state index in [2.05, 4.69) is 5.32 Å². The van der Waals surface area contributed by atoms with Gasteiger partial charge in [-0.1, -0.05) is 0 Å². The second kappa shape index (κ2) is 7.19. The van der Waals surface area contributed by atoms with Gasteiger partial charge in [-0.25, -0.2) is 0 Å². The molecule has 2 fully saturated rings. The van der Waals surface area contributed by atoms with E-state index in [4.69, 9.17) is 4.74 Å². The number of piperidine rings is 2. The Labute approximate surface area is 109 Å². The number of hydrogen-bond acceptors (Lipinski definition) is 3. The van der Waals surface area contributed by atoms with E-state index in [1.54, 1.807) is 7.11 Å². The van der Waals surface area contributed by atoms with Gasteiger partial charge in [0.2, 0.25) is 5.91 Å². The number of rotatable bonds is 2. The van der Waals surface area contributed by atoms with Crippen molar-refractivity contribution in [2.24, 2.45) is 5.92 Å². The lowest BCUT2D eigenvalue weighted by molar-refractivity contribution is -0.138. The third kappa shape index (κ3) is 3.83. The monoisotopic (exact) mass is 262 g/mol. The fraction of sp³-hybridized carbons (Fsp3) is 0.917. The number of amides is 1. The summed E-state index contributed by atoms with van der Waals surface area (Å²) in [6.45, 7) is 3.67. The van der Waals surface area contributed by atoms with E-state index in [-0.39, 0.29) is 18.3 Å². The number of likely N-dealkylation sites (tertiary alicyclic amines) is 1. The molecule has 1 atom stereocenters.